The number of non-ortho nitro benzene ring substituents is 1. The zero-order valence-electron chi connectivity index (χ0n) is 13.9. The molecular weight excluding hydrogens is 354 g/mol. The Morgan fingerprint density at radius 2 is 1.85 bits per heavy atom. The number of carbonyl (C=O) groups excluding carboxylic acids is 2. The molecule has 8 heteroatoms. The van der Waals surface area contributed by atoms with E-state index in [1.807, 2.05) is 6.92 Å². The van der Waals surface area contributed by atoms with E-state index in [1.165, 1.54) is 36.0 Å². The molecule has 0 unspecified atom stereocenters. The summed E-state index contributed by atoms with van der Waals surface area (Å²) < 4.78 is 0. The molecule has 2 amide bonds. The predicted molar refractivity (Wildman–Crippen MR) is 97.9 cm³/mol. The Balaban J connectivity index is 1.96. The number of aromatic nitrogens is 1. The first kappa shape index (κ1) is 17.8. The van der Waals surface area contributed by atoms with Crippen LogP contribution >= 0.6 is 11.8 Å². The monoisotopic (exact) mass is 369 g/mol. The third-order valence-corrected chi connectivity index (χ3v) is 4.78. The van der Waals surface area contributed by atoms with Crippen molar-refractivity contribution in [3.63, 3.8) is 0 Å². The number of nitrogens with zero attached hydrogens (tertiary/aromatic N) is 3. The fourth-order valence-electron chi connectivity index (χ4n) is 2.63. The molecule has 1 aromatic heterocycles. The van der Waals surface area contributed by atoms with Crippen molar-refractivity contribution < 1.29 is 14.5 Å². The highest BCUT2D eigenvalue weighted by Gasteiger charge is 2.39. The molecule has 7 nitrogen and oxygen atoms in total. The van der Waals surface area contributed by atoms with Crippen LogP contribution in [0.4, 0.5) is 5.69 Å². The molecule has 0 aliphatic carbocycles. The van der Waals surface area contributed by atoms with Crippen LogP contribution in [0.2, 0.25) is 0 Å². The first-order valence-corrected chi connectivity index (χ1v) is 8.89. The molecule has 0 saturated carbocycles. The third-order valence-electron chi connectivity index (χ3n) is 3.83. The van der Waals surface area contributed by atoms with Gasteiger partial charge in [-0.25, -0.2) is 0 Å². The van der Waals surface area contributed by atoms with Crippen LogP contribution in [-0.2, 0) is 16.1 Å². The van der Waals surface area contributed by atoms with E-state index in [1.54, 1.807) is 24.4 Å². The molecule has 0 radical (unpaired) electrons. The van der Waals surface area contributed by atoms with Gasteiger partial charge in [0.25, 0.3) is 17.5 Å². The Morgan fingerprint density at radius 3 is 2.42 bits per heavy atom. The van der Waals surface area contributed by atoms with Gasteiger partial charge >= 0.3 is 0 Å². The number of nitro benzene ring substituents is 1. The Morgan fingerprint density at radius 1 is 1.12 bits per heavy atom. The van der Waals surface area contributed by atoms with Crippen molar-refractivity contribution in [3.05, 3.63) is 74.9 Å². The van der Waals surface area contributed by atoms with E-state index in [0.717, 1.165) is 4.90 Å². The van der Waals surface area contributed by atoms with Gasteiger partial charge in [0.15, 0.2) is 0 Å². The summed E-state index contributed by atoms with van der Waals surface area (Å²) in [5.41, 5.74) is 1.32. The van der Waals surface area contributed by atoms with E-state index in [0.29, 0.717) is 21.9 Å². The standard InChI is InChI=1S/C18H15N3O4S/c1-2-26-16-15(12-6-8-14(9-7-12)21(24)25)17(22)20(18(16)23)11-13-5-3-4-10-19-13/h3-10H,2,11H2,1H3. The van der Waals surface area contributed by atoms with Gasteiger partial charge in [-0.2, -0.15) is 0 Å². The van der Waals surface area contributed by atoms with Crippen LogP contribution in [0, 0.1) is 10.1 Å². The van der Waals surface area contributed by atoms with Crippen molar-refractivity contribution in [2.45, 2.75) is 13.5 Å². The minimum absolute atomic E-state index is 0.0684. The lowest BCUT2D eigenvalue weighted by molar-refractivity contribution is -0.384. The van der Waals surface area contributed by atoms with Crippen LogP contribution in [0.5, 0.6) is 0 Å². The van der Waals surface area contributed by atoms with Crippen molar-refractivity contribution in [1.82, 2.24) is 9.88 Å². The molecule has 0 fully saturated rings. The average molecular weight is 369 g/mol. The maximum atomic E-state index is 12.9. The highest BCUT2D eigenvalue weighted by molar-refractivity contribution is 8.04. The minimum atomic E-state index is -0.505. The topological polar surface area (TPSA) is 93.4 Å². The summed E-state index contributed by atoms with van der Waals surface area (Å²) in [6, 6.07) is 11.0. The second-order valence-electron chi connectivity index (χ2n) is 5.46. The van der Waals surface area contributed by atoms with E-state index < -0.39 is 10.8 Å². The summed E-state index contributed by atoms with van der Waals surface area (Å²) in [7, 11) is 0. The maximum absolute atomic E-state index is 12.9. The number of nitro groups is 1. The maximum Gasteiger partial charge on any atom is 0.269 e. The number of hydrogen-bond donors (Lipinski definition) is 0. The molecule has 1 aliphatic rings. The molecular formula is C18H15N3O4S. The van der Waals surface area contributed by atoms with Gasteiger partial charge in [0, 0.05) is 18.3 Å². The van der Waals surface area contributed by atoms with Crippen LogP contribution < -0.4 is 0 Å². The zero-order chi connectivity index (χ0) is 18.7. The predicted octanol–water partition coefficient (Wildman–Crippen LogP) is 3.02. The largest absolute Gasteiger partial charge is 0.269 e. The molecule has 26 heavy (non-hydrogen) atoms. The van der Waals surface area contributed by atoms with E-state index in [2.05, 4.69) is 4.98 Å². The Hall–Kier alpha value is -3.00. The van der Waals surface area contributed by atoms with Crippen LogP contribution in [0.25, 0.3) is 5.57 Å². The lowest BCUT2D eigenvalue weighted by atomic mass is 10.1. The van der Waals surface area contributed by atoms with E-state index >= 15 is 0 Å². The minimum Gasteiger partial charge on any atom is -0.269 e. The van der Waals surface area contributed by atoms with Crippen molar-refractivity contribution in [2.75, 3.05) is 5.75 Å². The summed E-state index contributed by atoms with van der Waals surface area (Å²) in [6.45, 7) is 1.98. The number of benzene rings is 1. The van der Waals surface area contributed by atoms with Crippen molar-refractivity contribution in [2.24, 2.45) is 0 Å². The number of hydrogen-bond acceptors (Lipinski definition) is 6. The molecule has 0 N–H and O–H groups in total. The SMILES string of the molecule is CCSC1=C(c2ccc([N+](=O)[O-])cc2)C(=O)N(Cc2ccccn2)C1=O. The van der Waals surface area contributed by atoms with Crippen molar-refractivity contribution >= 4 is 34.8 Å². The first-order chi connectivity index (χ1) is 12.5. The average Bonchev–Trinajstić information content (AvgIpc) is 2.87. The van der Waals surface area contributed by atoms with Crippen molar-refractivity contribution in [1.29, 1.82) is 0 Å². The molecule has 3 rings (SSSR count). The zero-order valence-corrected chi connectivity index (χ0v) is 14.7. The number of imide groups is 1. The molecule has 2 heterocycles. The normalized spacial score (nSPS) is 14.3. The van der Waals surface area contributed by atoms with Gasteiger partial charge in [-0.1, -0.05) is 13.0 Å². The third kappa shape index (κ3) is 3.36. The van der Waals surface area contributed by atoms with Gasteiger partial charge in [-0.05, 0) is 35.6 Å². The second kappa shape index (κ2) is 7.49. The van der Waals surface area contributed by atoms with Crippen LogP contribution in [-0.4, -0.2) is 32.4 Å². The Labute approximate surface area is 153 Å². The number of carbonyl (C=O) groups is 2. The number of pyridine rings is 1. The Kier molecular flexibility index (Phi) is 5.13. The van der Waals surface area contributed by atoms with Crippen LogP contribution in [0.15, 0.2) is 53.6 Å². The highest BCUT2D eigenvalue weighted by Crippen LogP contribution is 2.36. The quantitative estimate of drug-likeness (QED) is 0.441. The molecule has 0 bridgehead atoms. The number of thioether (sulfide) groups is 1. The summed E-state index contributed by atoms with van der Waals surface area (Å²) in [5, 5.41) is 10.8. The summed E-state index contributed by atoms with van der Waals surface area (Å²) in [5.74, 6) is -0.145. The lowest BCUT2D eigenvalue weighted by Gasteiger charge is -2.14. The van der Waals surface area contributed by atoms with Gasteiger partial charge in [-0.15, -0.1) is 11.8 Å². The molecule has 0 saturated heterocycles. The van der Waals surface area contributed by atoms with Gasteiger partial charge in [0.2, 0.25) is 0 Å². The smallest absolute Gasteiger partial charge is 0.269 e. The van der Waals surface area contributed by atoms with Crippen LogP contribution in [0.1, 0.15) is 18.2 Å². The van der Waals surface area contributed by atoms with E-state index in [-0.39, 0.29) is 23.7 Å². The molecule has 0 spiro atoms. The summed E-state index contributed by atoms with van der Waals surface area (Å²) in [6.07, 6.45) is 1.60. The van der Waals surface area contributed by atoms with Gasteiger partial charge in [0.05, 0.1) is 27.6 Å². The number of rotatable bonds is 6. The lowest BCUT2D eigenvalue weighted by Crippen LogP contribution is -2.31. The molecule has 1 aliphatic heterocycles. The molecule has 132 valence electrons. The van der Waals surface area contributed by atoms with Gasteiger partial charge in [0.1, 0.15) is 0 Å². The summed E-state index contributed by atoms with van der Waals surface area (Å²) >= 11 is 1.29. The fourth-order valence-corrected chi connectivity index (χ4v) is 3.51. The second-order valence-corrected chi connectivity index (χ2v) is 6.73. The molecule has 0 atom stereocenters. The first-order valence-electron chi connectivity index (χ1n) is 7.91. The van der Waals surface area contributed by atoms with E-state index in [4.69, 9.17) is 0 Å². The number of amides is 2. The molecule has 2 aromatic rings. The highest BCUT2D eigenvalue weighted by atomic mass is 32.2. The van der Waals surface area contributed by atoms with Crippen LogP contribution in [0.3, 0.4) is 0 Å². The fraction of sp³-hybridized carbons (Fsp3) is 0.167. The van der Waals surface area contributed by atoms with E-state index in [9.17, 15) is 19.7 Å². The van der Waals surface area contributed by atoms with Gasteiger partial charge in [-0.3, -0.25) is 29.6 Å². The van der Waals surface area contributed by atoms with Gasteiger partial charge < -0.3 is 0 Å². The molecule has 1 aromatic carbocycles. The summed E-state index contributed by atoms with van der Waals surface area (Å²) in [4.78, 5) is 41.7. The van der Waals surface area contributed by atoms with Crippen molar-refractivity contribution in [3.8, 4) is 0 Å². The Bertz CT molecular complexity index is 894.